The molecule has 51 valence electrons. The first kappa shape index (κ1) is 7.92. The maximum Gasteiger partial charge on any atom is 0.314 e. The number of nitrogens with one attached hydrogen (secondary N) is 2. The summed E-state index contributed by atoms with van der Waals surface area (Å²) in [4.78, 5) is 0. The van der Waals surface area contributed by atoms with E-state index < -0.39 is 0 Å². The Morgan fingerprint density at radius 2 is 2.40 bits per heavy atom. The van der Waals surface area contributed by atoms with Gasteiger partial charge in [0.25, 0.3) is 14.5 Å². The summed E-state index contributed by atoms with van der Waals surface area (Å²) in [6, 6.07) is 0. The van der Waals surface area contributed by atoms with Gasteiger partial charge in [0.1, 0.15) is 0 Å². The summed E-state index contributed by atoms with van der Waals surface area (Å²) in [5, 5.41) is 6.42. The lowest BCUT2D eigenvalue weighted by Gasteiger charge is -2.31. The van der Waals surface area contributed by atoms with Gasteiger partial charge in [-0.1, -0.05) is 12.8 Å². The fourth-order valence-corrected chi connectivity index (χ4v) is 0.966. The van der Waals surface area contributed by atoms with Gasteiger partial charge >= 0.3 is 6.98 Å². The van der Waals surface area contributed by atoms with E-state index in [1.54, 1.807) is 0 Å². The van der Waals surface area contributed by atoms with Crippen molar-refractivity contribution in [1.29, 1.82) is 0 Å². The summed E-state index contributed by atoms with van der Waals surface area (Å²) >= 11 is 0. The molecule has 0 aromatic heterocycles. The molecule has 1 radical (unpaired) electrons. The van der Waals surface area contributed by atoms with Gasteiger partial charge in [-0.2, -0.15) is 0 Å². The summed E-state index contributed by atoms with van der Waals surface area (Å²) in [6.07, 6.45) is 0. The van der Waals surface area contributed by atoms with E-state index in [4.69, 9.17) is 0 Å². The third kappa shape index (κ3) is 1.65. The normalized spacial score (nSPS) is 20.6. The van der Waals surface area contributed by atoms with E-state index >= 15 is 0 Å². The Balaban J connectivity index is 2.45. The van der Waals surface area contributed by atoms with E-state index in [2.05, 4.69) is 23.7 Å². The largest absolute Gasteiger partial charge is 0.375 e. The highest BCUT2D eigenvalue weighted by molar-refractivity contribution is 6.82. The van der Waals surface area contributed by atoms with Gasteiger partial charge in [0.2, 0.25) is 0 Å². The highest BCUT2D eigenvalue weighted by Gasteiger charge is 2.26. The zero-order valence-corrected chi connectivity index (χ0v) is 6.46. The smallest absolute Gasteiger partial charge is 0.314 e. The molecule has 1 aliphatic rings. The fraction of sp³-hybridized carbons (Fsp3) is 0.500. The second kappa shape index (κ2) is 3.28. The average molecular weight is 134 g/mol. The van der Waals surface area contributed by atoms with Gasteiger partial charge in [0, 0.05) is 0 Å². The first-order valence-corrected chi connectivity index (χ1v) is 3.44. The molecule has 1 aliphatic heterocycles. The lowest BCUT2D eigenvalue weighted by molar-refractivity contribution is 0.789. The minimum atomic E-state index is 0.260. The van der Waals surface area contributed by atoms with E-state index in [1.807, 2.05) is 25.3 Å². The molecule has 1 fully saturated rings. The molecule has 0 aromatic rings. The summed E-state index contributed by atoms with van der Waals surface area (Å²) in [5.41, 5.74) is 0. The highest BCUT2D eigenvalue weighted by Crippen LogP contribution is 1.90. The van der Waals surface area contributed by atoms with Crippen molar-refractivity contribution in [2.24, 2.45) is 0 Å². The molecule has 0 aliphatic carbocycles. The van der Waals surface area contributed by atoms with Gasteiger partial charge in [0.15, 0.2) is 0 Å². The van der Waals surface area contributed by atoms with Crippen molar-refractivity contribution >= 4 is 21.5 Å². The number of rotatable bonds is 1. The summed E-state index contributed by atoms with van der Waals surface area (Å²) in [7, 11) is 3.95. The first-order valence-electron chi connectivity index (χ1n) is 3.44. The zero-order chi connectivity index (χ0) is 7.56. The van der Waals surface area contributed by atoms with Crippen molar-refractivity contribution < 1.29 is 0 Å². The van der Waals surface area contributed by atoms with Crippen LogP contribution in [-0.2, 0) is 0 Å². The average Bonchev–Trinajstić information content (AvgIpc) is 1.94. The van der Waals surface area contributed by atoms with E-state index in [-0.39, 0.29) is 6.98 Å². The predicted molar refractivity (Wildman–Crippen MR) is 47.4 cm³/mol. The minimum absolute atomic E-state index is 0.260. The van der Waals surface area contributed by atoms with Gasteiger partial charge in [-0.25, -0.2) is 0 Å². The van der Waals surface area contributed by atoms with Crippen molar-refractivity contribution in [1.82, 2.24) is 15.0 Å². The summed E-state index contributed by atoms with van der Waals surface area (Å²) in [5.74, 6) is 1.88. The van der Waals surface area contributed by atoms with Crippen LogP contribution in [0.5, 0.6) is 0 Å². The summed E-state index contributed by atoms with van der Waals surface area (Å²) in [6.45, 7) is 6.38. The lowest BCUT2D eigenvalue weighted by atomic mass is 9.56. The molecule has 0 atom stereocenters. The van der Waals surface area contributed by atoms with Crippen molar-refractivity contribution in [3.63, 3.8) is 0 Å². The molecular weight excluding hydrogens is 123 g/mol. The number of hydrogen-bond acceptors (Lipinski definition) is 3. The van der Waals surface area contributed by atoms with Crippen LogP contribution in [0, 0.1) is 0 Å². The van der Waals surface area contributed by atoms with Crippen LogP contribution in [0.15, 0.2) is 12.6 Å². The van der Waals surface area contributed by atoms with Gasteiger partial charge in [-0.3, -0.25) is 0 Å². The van der Waals surface area contributed by atoms with Crippen LogP contribution in [0.25, 0.3) is 0 Å². The minimum Gasteiger partial charge on any atom is -0.375 e. The van der Waals surface area contributed by atoms with Crippen molar-refractivity contribution in [3.8, 4) is 0 Å². The quantitative estimate of drug-likeness (QED) is 0.449. The monoisotopic (exact) mass is 134 g/mol. The van der Waals surface area contributed by atoms with Gasteiger partial charge < -0.3 is 15.0 Å². The molecule has 2 N–H and O–H groups in total. The maximum absolute atomic E-state index is 3.72. The Bertz CT molecular complexity index is 131. The molecule has 0 spiro atoms. The molecule has 0 unspecified atom stereocenters. The molecule has 0 amide bonds. The number of nitrogens with zero attached hydrogens (tertiary/aromatic N) is 1. The first-order chi connectivity index (χ1) is 4.74. The third-order valence-electron chi connectivity index (χ3n) is 1.61. The van der Waals surface area contributed by atoms with E-state index in [0.29, 0.717) is 6.98 Å². The van der Waals surface area contributed by atoms with Crippen LogP contribution >= 0.6 is 0 Å². The molecule has 6 heteroatoms. The molecule has 1 saturated heterocycles. The topological polar surface area (TPSA) is 27.3 Å². The van der Waals surface area contributed by atoms with Gasteiger partial charge in [-0.05, 0) is 7.05 Å². The molecule has 0 aromatic carbocycles. The number of hydrogen-bond donors (Lipinski definition) is 2. The molecule has 1 heterocycles. The molecule has 1 rings (SSSR count). The van der Waals surface area contributed by atoms with Crippen LogP contribution in [0.2, 0.25) is 6.82 Å². The van der Waals surface area contributed by atoms with Crippen LogP contribution in [0.3, 0.4) is 0 Å². The van der Waals surface area contributed by atoms with Crippen LogP contribution in [0.1, 0.15) is 0 Å². The lowest BCUT2D eigenvalue weighted by Crippen LogP contribution is -2.68. The van der Waals surface area contributed by atoms with Crippen LogP contribution in [0.4, 0.5) is 0 Å². The SMILES string of the molecule is C=CB1NB(C)N[B]N1C. The van der Waals surface area contributed by atoms with Crippen molar-refractivity contribution in [2.75, 3.05) is 7.05 Å². The zero-order valence-electron chi connectivity index (χ0n) is 6.46. The maximum atomic E-state index is 3.72. The van der Waals surface area contributed by atoms with Gasteiger partial charge in [0.05, 0.1) is 0 Å². The standard InChI is InChI=1S/C4H11B3N3/c1-4-7-9-6(2)8-5-10(7)3/h4,8-9H,1H2,2-3H3. The molecule has 10 heavy (non-hydrogen) atoms. The Morgan fingerprint density at radius 3 is 2.90 bits per heavy atom. The van der Waals surface area contributed by atoms with Crippen molar-refractivity contribution in [2.45, 2.75) is 6.82 Å². The third-order valence-corrected chi connectivity index (χ3v) is 1.61. The summed E-state index contributed by atoms with van der Waals surface area (Å²) < 4.78 is 2.03. The molecular formula is C4H11B3N3. The van der Waals surface area contributed by atoms with Crippen molar-refractivity contribution in [3.05, 3.63) is 12.6 Å². The second-order valence-corrected chi connectivity index (χ2v) is 2.53. The Hall–Kier alpha value is -0.185. The van der Waals surface area contributed by atoms with E-state index in [1.165, 1.54) is 0 Å². The van der Waals surface area contributed by atoms with Crippen LogP contribution < -0.4 is 10.3 Å². The fourth-order valence-electron chi connectivity index (χ4n) is 0.966. The van der Waals surface area contributed by atoms with Gasteiger partial charge in [-0.15, -0.1) is 6.58 Å². The second-order valence-electron chi connectivity index (χ2n) is 2.53. The molecule has 3 nitrogen and oxygen atoms in total. The van der Waals surface area contributed by atoms with E-state index in [9.17, 15) is 0 Å². The van der Waals surface area contributed by atoms with Crippen LogP contribution in [-0.4, -0.2) is 33.3 Å². The Morgan fingerprint density at radius 1 is 1.70 bits per heavy atom. The molecule has 0 saturated carbocycles. The predicted octanol–water partition coefficient (Wildman–Crippen LogP) is -1.02. The Kier molecular flexibility index (Phi) is 2.60. The van der Waals surface area contributed by atoms with E-state index in [0.717, 1.165) is 0 Å². The molecule has 0 bridgehead atoms. The highest BCUT2D eigenvalue weighted by atomic mass is 15.1. The Labute approximate surface area is 63.8 Å².